The van der Waals surface area contributed by atoms with Crippen LogP contribution < -0.4 is 0 Å². The van der Waals surface area contributed by atoms with Crippen LogP contribution >= 0.6 is 0 Å². The number of benzene rings is 3. The maximum Gasteiger partial charge on any atom is 0.150 e. The summed E-state index contributed by atoms with van der Waals surface area (Å²) in [5.41, 5.74) is 1.67. The fourth-order valence-corrected chi connectivity index (χ4v) is 2.65. The average molecular weight is 284 g/mol. The van der Waals surface area contributed by atoms with Crippen molar-refractivity contribution in [2.75, 3.05) is 0 Å². The van der Waals surface area contributed by atoms with E-state index in [0.29, 0.717) is 56.4 Å². The van der Waals surface area contributed by atoms with Gasteiger partial charge in [-0.15, -0.1) is 0 Å². The molecule has 0 aliphatic heterocycles. The molecule has 0 saturated carbocycles. The van der Waals surface area contributed by atoms with Crippen molar-refractivity contribution < 1.29 is 9.59 Å². The molecule has 0 aliphatic rings. The lowest BCUT2D eigenvalue weighted by Crippen LogP contribution is -1.93. The normalized spacial score (nSPS) is 10.1. The number of fused-ring (bicyclic) bond motifs is 2. The number of carbonyl (C=O) groups excluding carboxylic acids is 2. The van der Waals surface area contributed by atoms with Gasteiger partial charge in [-0.05, 0) is 12.1 Å². The Kier molecular flexibility index (Phi) is 3.14. The van der Waals surface area contributed by atoms with Crippen molar-refractivity contribution in [1.29, 1.82) is 10.5 Å². The molecule has 3 aromatic carbocycles. The molecule has 3 rings (SSSR count). The van der Waals surface area contributed by atoms with Gasteiger partial charge in [0.2, 0.25) is 0 Å². The van der Waals surface area contributed by atoms with Crippen molar-refractivity contribution in [2.24, 2.45) is 0 Å². The molecular weight excluding hydrogens is 276 g/mol. The minimum atomic E-state index is 0.394. The fraction of sp³-hybridized carbons (Fsp3) is 0. The van der Waals surface area contributed by atoms with Crippen molar-refractivity contribution >= 4 is 34.1 Å². The van der Waals surface area contributed by atoms with Gasteiger partial charge in [-0.1, -0.05) is 24.3 Å². The zero-order valence-electron chi connectivity index (χ0n) is 11.3. The highest BCUT2D eigenvalue weighted by atomic mass is 16.1. The van der Waals surface area contributed by atoms with E-state index in [1.54, 1.807) is 36.4 Å². The molecule has 0 amide bonds. The summed E-state index contributed by atoms with van der Waals surface area (Å²) in [4.78, 5) is 21.9. The van der Waals surface area contributed by atoms with Crippen LogP contribution in [0, 0.1) is 22.7 Å². The van der Waals surface area contributed by atoms with Crippen LogP contribution in [-0.2, 0) is 0 Å². The highest BCUT2D eigenvalue weighted by Crippen LogP contribution is 2.33. The van der Waals surface area contributed by atoms with Crippen LogP contribution in [0.4, 0.5) is 0 Å². The molecule has 0 unspecified atom stereocenters. The lowest BCUT2D eigenvalue weighted by Gasteiger charge is -2.10. The Morgan fingerprint density at radius 2 is 1.09 bits per heavy atom. The molecule has 0 radical (unpaired) electrons. The second kappa shape index (κ2) is 5.12. The average Bonchev–Trinajstić information content (AvgIpc) is 2.58. The highest BCUT2D eigenvalue weighted by molar-refractivity contribution is 6.11. The van der Waals surface area contributed by atoms with Crippen LogP contribution in [0.3, 0.4) is 0 Å². The lowest BCUT2D eigenvalue weighted by atomic mass is 9.91. The van der Waals surface area contributed by atoms with E-state index < -0.39 is 0 Å². The first-order valence-corrected chi connectivity index (χ1v) is 6.47. The van der Waals surface area contributed by atoms with Gasteiger partial charge in [-0.2, -0.15) is 10.5 Å². The Morgan fingerprint density at radius 3 is 1.41 bits per heavy atom. The molecule has 0 saturated heterocycles. The van der Waals surface area contributed by atoms with E-state index in [-0.39, 0.29) is 0 Å². The second-order valence-electron chi connectivity index (χ2n) is 4.82. The Balaban J connectivity index is 2.63. The number of aldehydes is 2. The summed E-state index contributed by atoms with van der Waals surface area (Å²) < 4.78 is 0. The summed E-state index contributed by atoms with van der Waals surface area (Å²) in [5, 5.41) is 21.3. The third kappa shape index (κ3) is 1.83. The number of rotatable bonds is 2. The summed E-state index contributed by atoms with van der Waals surface area (Å²) in [6.45, 7) is 0. The summed E-state index contributed by atoms with van der Waals surface area (Å²) in [6.07, 6.45) is 1.40. The quantitative estimate of drug-likeness (QED) is 0.533. The molecule has 102 valence electrons. The van der Waals surface area contributed by atoms with E-state index in [1.165, 1.54) is 0 Å². The predicted molar refractivity (Wildman–Crippen MR) is 81.7 cm³/mol. The molecule has 0 aliphatic carbocycles. The topological polar surface area (TPSA) is 81.7 Å². The molecule has 4 heteroatoms. The largest absolute Gasteiger partial charge is 0.298 e. The fourth-order valence-electron chi connectivity index (χ4n) is 2.65. The number of nitriles is 2. The molecular formula is C18H8N2O2. The molecule has 0 atom stereocenters. The Bertz CT molecular complexity index is 952. The predicted octanol–water partition coefficient (Wildman–Crippen LogP) is 3.36. The van der Waals surface area contributed by atoms with Crippen LogP contribution in [-0.4, -0.2) is 12.6 Å². The zero-order chi connectivity index (χ0) is 15.7. The van der Waals surface area contributed by atoms with E-state index in [2.05, 4.69) is 12.1 Å². The summed E-state index contributed by atoms with van der Waals surface area (Å²) in [7, 11) is 0. The van der Waals surface area contributed by atoms with Crippen molar-refractivity contribution in [3.63, 3.8) is 0 Å². The Labute approximate surface area is 125 Å². The van der Waals surface area contributed by atoms with Gasteiger partial charge < -0.3 is 0 Å². The van der Waals surface area contributed by atoms with Crippen molar-refractivity contribution in [1.82, 2.24) is 0 Å². The van der Waals surface area contributed by atoms with Gasteiger partial charge in [0.1, 0.15) is 24.7 Å². The summed E-state index contributed by atoms with van der Waals surface area (Å²) in [6, 6.07) is 14.0. The monoisotopic (exact) mass is 284 g/mol. The number of hydrogen-bond donors (Lipinski definition) is 0. The molecule has 4 nitrogen and oxygen atoms in total. The third-order valence-electron chi connectivity index (χ3n) is 3.66. The minimum Gasteiger partial charge on any atom is -0.298 e. The smallest absolute Gasteiger partial charge is 0.150 e. The molecule has 22 heavy (non-hydrogen) atoms. The number of carbonyl (C=O) groups is 2. The summed E-state index contributed by atoms with van der Waals surface area (Å²) >= 11 is 0. The molecule has 0 heterocycles. The van der Waals surface area contributed by atoms with Crippen molar-refractivity contribution in [2.45, 2.75) is 0 Å². The summed E-state index contributed by atoms with van der Waals surface area (Å²) in [5.74, 6) is 0. The lowest BCUT2D eigenvalue weighted by molar-refractivity contribution is 0.111. The molecule has 0 N–H and O–H groups in total. The van der Waals surface area contributed by atoms with Gasteiger partial charge in [0.25, 0.3) is 0 Å². The molecule has 0 aromatic heterocycles. The van der Waals surface area contributed by atoms with Gasteiger partial charge in [0, 0.05) is 32.7 Å². The van der Waals surface area contributed by atoms with Gasteiger partial charge in [-0.3, -0.25) is 9.59 Å². The minimum absolute atomic E-state index is 0.394. The van der Waals surface area contributed by atoms with E-state index in [0.717, 1.165) is 0 Å². The van der Waals surface area contributed by atoms with E-state index in [4.69, 9.17) is 0 Å². The Hall–Kier alpha value is -3.50. The maximum atomic E-state index is 11.0. The van der Waals surface area contributed by atoms with E-state index in [1.807, 2.05) is 0 Å². The maximum absolute atomic E-state index is 11.0. The molecule has 0 bridgehead atoms. The van der Waals surface area contributed by atoms with E-state index in [9.17, 15) is 20.1 Å². The van der Waals surface area contributed by atoms with Gasteiger partial charge in [0.05, 0.1) is 11.1 Å². The van der Waals surface area contributed by atoms with Crippen LogP contribution in [0.5, 0.6) is 0 Å². The number of hydrogen-bond acceptors (Lipinski definition) is 4. The third-order valence-corrected chi connectivity index (χ3v) is 3.66. The Morgan fingerprint density at radius 1 is 0.682 bits per heavy atom. The van der Waals surface area contributed by atoms with Crippen LogP contribution in [0.25, 0.3) is 21.5 Å². The van der Waals surface area contributed by atoms with Gasteiger partial charge in [-0.25, -0.2) is 0 Å². The molecule has 0 fully saturated rings. The SMILES string of the molecule is N#Cc1c2ccc(C=O)cc2c(C#N)c2ccc(C=O)cc12. The second-order valence-corrected chi connectivity index (χ2v) is 4.82. The molecule has 3 aromatic rings. The van der Waals surface area contributed by atoms with Gasteiger partial charge in [0.15, 0.2) is 0 Å². The molecule has 0 spiro atoms. The highest BCUT2D eigenvalue weighted by Gasteiger charge is 2.14. The van der Waals surface area contributed by atoms with Crippen LogP contribution in [0.1, 0.15) is 31.8 Å². The van der Waals surface area contributed by atoms with Crippen molar-refractivity contribution in [3.05, 3.63) is 58.7 Å². The van der Waals surface area contributed by atoms with Gasteiger partial charge >= 0.3 is 0 Å². The number of nitrogens with zero attached hydrogens (tertiary/aromatic N) is 2. The van der Waals surface area contributed by atoms with Crippen molar-refractivity contribution in [3.8, 4) is 12.1 Å². The first-order chi connectivity index (χ1) is 10.7. The van der Waals surface area contributed by atoms with E-state index >= 15 is 0 Å². The first-order valence-electron chi connectivity index (χ1n) is 6.47. The standard InChI is InChI=1S/C18H8N2O2/c19-7-17-13-3-1-11(9-21)5-15(13)18(8-20)14-4-2-12(10-22)6-16(14)17/h1-6,9-10H. The van der Waals surface area contributed by atoms with Crippen LogP contribution in [0.2, 0.25) is 0 Å². The zero-order valence-corrected chi connectivity index (χ0v) is 11.3. The van der Waals surface area contributed by atoms with Crippen LogP contribution in [0.15, 0.2) is 36.4 Å². The first kappa shape index (κ1) is 13.5.